The van der Waals surface area contributed by atoms with Crippen molar-refractivity contribution in [2.75, 3.05) is 27.4 Å². The van der Waals surface area contributed by atoms with Crippen molar-refractivity contribution in [3.8, 4) is 11.5 Å². The third-order valence-corrected chi connectivity index (χ3v) is 6.53. The molecule has 0 bridgehead atoms. The van der Waals surface area contributed by atoms with Crippen molar-refractivity contribution in [1.29, 1.82) is 0 Å². The highest BCUT2D eigenvalue weighted by atomic mass is 16.8. The standard InChI is InChI=1S/C24H30O12/c1-31-15-4-3-11(8-16(15)32-2)22(30)34-10-12-7-14(26)13-5-6-33-23(18(12)13)36-24-21(29)20(28)19(27)17(9-25)35-24/h3-8,13-14,17-21,23-29H,9-10H2,1-2H3/t13-,14+,17+,18+,19+,20-,21+,23-,24-/m0/s1. The molecule has 12 nitrogen and oxygen atoms in total. The van der Waals surface area contributed by atoms with Crippen molar-refractivity contribution in [3.05, 3.63) is 47.7 Å². The van der Waals surface area contributed by atoms with Crippen LogP contribution in [0.2, 0.25) is 0 Å². The number of benzene rings is 1. The average Bonchev–Trinajstić information content (AvgIpc) is 3.23. The van der Waals surface area contributed by atoms with Gasteiger partial charge in [-0.05, 0) is 29.8 Å². The van der Waals surface area contributed by atoms with Gasteiger partial charge in [-0.25, -0.2) is 4.79 Å². The molecule has 0 spiro atoms. The summed E-state index contributed by atoms with van der Waals surface area (Å²) in [6.45, 7) is -0.796. The van der Waals surface area contributed by atoms with Gasteiger partial charge in [-0.1, -0.05) is 6.08 Å². The first-order valence-electron chi connectivity index (χ1n) is 11.3. The molecule has 5 N–H and O–H groups in total. The van der Waals surface area contributed by atoms with Crippen LogP contribution in [0, 0.1) is 11.8 Å². The largest absolute Gasteiger partial charge is 0.493 e. The maximum atomic E-state index is 12.7. The van der Waals surface area contributed by atoms with Gasteiger partial charge in [0, 0.05) is 5.92 Å². The van der Waals surface area contributed by atoms with Crippen molar-refractivity contribution < 1.29 is 58.7 Å². The molecule has 198 valence electrons. The molecule has 0 amide bonds. The Kier molecular flexibility index (Phi) is 8.15. The summed E-state index contributed by atoms with van der Waals surface area (Å²) in [5.41, 5.74) is 0.748. The van der Waals surface area contributed by atoms with Crippen molar-refractivity contribution in [1.82, 2.24) is 0 Å². The summed E-state index contributed by atoms with van der Waals surface area (Å²) in [4.78, 5) is 12.7. The first kappa shape index (κ1) is 26.4. The van der Waals surface area contributed by atoms with Crippen LogP contribution in [0.5, 0.6) is 11.5 Å². The number of ether oxygens (including phenoxy) is 6. The minimum absolute atomic E-state index is 0.183. The van der Waals surface area contributed by atoms with Crippen molar-refractivity contribution in [2.45, 2.75) is 43.1 Å². The van der Waals surface area contributed by atoms with E-state index in [2.05, 4.69) is 0 Å². The van der Waals surface area contributed by atoms with Crippen LogP contribution in [0.25, 0.3) is 0 Å². The predicted octanol–water partition coefficient (Wildman–Crippen LogP) is -0.920. The van der Waals surface area contributed by atoms with Gasteiger partial charge in [0.05, 0.1) is 44.7 Å². The van der Waals surface area contributed by atoms with Gasteiger partial charge < -0.3 is 54.0 Å². The number of hydrogen-bond donors (Lipinski definition) is 5. The van der Waals surface area contributed by atoms with Gasteiger partial charge in [-0.2, -0.15) is 0 Å². The molecule has 12 heteroatoms. The first-order chi connectivity index (χ1) is 17.3. The predicted molar refractivity (Wildman–Crippen MR) is 120 cm³/mol. The van der Waals surface area contributed by atoms with E-state index in [1.165, 1.54) is 32.6 Å². The number of aliphatic hydroxyl groups is 5. The van der Waals surface area contributed by atoms with Crippen LogP contribution >= 0.6 is 0 Å². The van der Waals surface area contributed by atoms with Crippen LogP contribution in [-0.4, -0.2) is 102 Å². The first-order valence-corrected chi connectivity index (χ1v) is 11.3. The molecule has 1 aromatic carbocycles. The van der Waals surface area contributed by atoms with Crippen LogP contribution in [0.1, 0.15) is 10.4 Å². The number of esters is 1. The lowest BCUT2D eigenvalue weighted by atomic mass is 9.88. The molecule has 2 heterocycles. The number of aliphatic hydroxyl groups excluding tert-OH is 5. The highest BCUT2D eigenvalue weighted by molar-refractivity contribution is 5.90. The van der Waals surface area contributed by atoms with Crippen molar-refractivity contribution in [2.24, 2.45) is 11.8 Å². The highest BCUT2D eigenvalue weighted by Gasteiger charge is 2.49. The Morgan fingerprint density at radius 1 is 1.00 bits per heavy atom. The van der Waals surface area contributed by atoms with Crippen LogP contribution in [0.3, 0.4) is 0 Å². The molecule has 1 aliphatic carbocycles. The average molecular weight is 510 g/mol. The summed E-state index contributed by atoms with van der Waals surface area (Å²) in [5, 5.41) is 50.3. The fraction of sp³-hybridized carbons (Fsp3) is 0.542. The van der Waals surface area contributed by atoms with Crippen LogP contribution in [-0.2, 0) is 18.9 Å². The third kappa shape index (κ3) is 5.06. The summed E-state index contributed by atoms with van der Waals surface area (Å²) in [7, 11) is 2.93. The van der Waals surface area contributed by atoms with E-state index in [0.717, 1.165) is 0 Å². The van der Waals surface area contributed by atoms with E-state index in [0.29, 0.717) is 17.1 Å². The molecule has 0 unspecified atom stereocenters. The van der Waals surface area contributed by atoms with Gasteiger partial charge in [0.25, 0.3) is 0 Å². The monoisotopic (exact) mass is 510 g/mol. The zero-order valence-electron chi connectivity index (χ0n) is 19.7. The molecule has 1 aromatic rings. The number of fused-ring (bicyclic) bond motifs is 1. The molecule has 4 rings (SSSR count). The number of methoxy groups -OCH3 is 2. The van der Waals surface area contributed by atoms with Crippen LogP contribution in [0.15, 0.2) is 42.2 Å². The second-order valence-corrected chi connectivity index (χ2v) is 8.65. The molecule has 2 aliphatic heterocycles. The second kappa shape index (κ2) is 11.1. The number of rotatable bonds is 8. The molecule has 0 saturated carbocycles. The Hall–Kier alpha value is -2.71. The van der Waals surface area contributed by atoms with Crippen LogP contribution < -0.4 is 9.47 Å². The van der Waals surface area contributed by atoms with E-state index in [1.807, 2.05) is 0 Å². The van der Waals surface area contributed by atoms with Crippen molar-refractivity contribution >= 4 is 5.97 Å². The van der Waals surface area contributed by atoms with E-state index >= 15 is 0 Å². The summed E-state index contributed by atoms with van der Waals surface area (Å²) in [5.74, 6) is -0.897. The Morgan fingerprint density at radius 3 is 2.44 bits per heavy atom. The quantitative estimate of drug-likeness (QED) is 0.215. The van der Waals surface area contributed by atoms with Gasteiger partial charge in [0.1, 0.15) is 31.0 Å². The highest BCUT2D eigenvalue weighted by Crippen LogP contribution is 2.41. The van der Waals surface area contributed by atoms with Crippen LogP contribution in [0.4, 0.5) is 0 Å². The normalized spacial score (nSPS) is 35.4. The third-order valence-electron chi connectivity index (χ3n) is 6.53. The van der Waals surface area contributed by atoms with Gasteiger partial charge in [0.2, 0.25) is 6.29 Å². The topological polar surface area (TPSA) is 174 Å². The Morgan fingerprint density at radius 2 is 1.75 bits per heavy atom. The lowest BCUT2D eigenvalue weighted by Gasteiger charge is -2.42. The lowest BCUT2D eigenvalue weighted by Crippen LogP contribution is -2.60. The number of hydrogen-bond acceptors (Lipinski definition) is 12. The summed E-state index contributed by atoms with van der Waals surface area (Å²) >= 11 is 0. The minimum Gasteiger partial charge on any atom is -0.493 e. The molecule has 0 radical (unpaired) electrons. The molecular weight excluding hydrogens is 480 g/mol. The van der Waals surface area contributed by atoms with E-state index in [-0.39, 0.29) is 12.2 Å². The zero-order valence-corrected chi connectivity index (χ0v) is 19.7. The SMILES string of the molecule is COc1ccc(C(=O)OCC2=C[C@@H](O)[C@@H]3C=CO[C@@H](O[C@@H]4O[C@H](CO)[C@@H](O)[C@H](O)[C@H]4O)[C@H]23)cc1OC. The molecule has 3 aliphatic rings. The number of carbonyl (C=O) groups excluding carboxylic acids is 1. The minimum atomic E-state index is -1.63. The number of carbonyl (C=O) groups is 1. The molecule has 1 saturated heterocycles. The fourth-order valence-corrected chi connectivity index (χ4v) is 4.56. The van der Waals surface area contributed by atoms with E-state index in [1.54, 1.807) is 18.2 Å². The summed E-state index contributed by atoms with van der Waals surface area (Å²) in [6, 6.07) is 4.59. The van der Waals surface area contributed by atoms with E-state index < -0.39 is 67.5 Å². The van der Waals surface area contributed by atoms with Gasteiger partial charge in [-0.3, -0.25) is 0 Å². The van der Waals surface area contributed by atoms with Gasteiger partial charge in [0.15, 0.2) is 17.8 Å². The Balaban J connectivity index is 1.46. The molecule has 9 atom stereocenters. The lowest BCUT2D eigenvalue weighted by molar-refractivity contribution is -0.339. The van der Waals surface area contributed by atoms with E-state index in [4.69, 9.17) is 28.4 Å². The molecule has 0 aromatic heterocycles. The van der Waals surface area contributed by atoms with Crippen molar-refractivity contribution in [3.63, 3.8) is 0 Å². The smallest absolute Gasteiger partial charge is 0.338 e. The maximum absolute atomic E-state index is 12.7. The molecule has 1 fully saturated rings. The van der Waals surface area contributed by atoms with Gasteiger partial charge >= 0.3 is 5.97 Å². The molecular formula is C24H30O12. The second-order valence-electron chi connectivity index (χ2n) is 8.65. The summed E-state index contributed by atoms with van der Waals surface area (Å²) < 4.78 is 32.6. The van der Waals surface area contributed by atoms with Gasteiger partial charge in [-0.15, -0.1) is 0 Å². The fourth-order valence-electron chi connectivity index (χ4n) is 4.56. The Labute approximate surface area is 206 Å². The summed E-state index contributed by atoms with van der Waals surface area (Å²) in [6.07, 6.45) is -4.87. The zero-order chi connectivity index (χ0) is 26.0. The Bertz CT molecular complexity index is 991. The molecule has 36 heavy (non-hydrogen) atoms. The van der Waals surface area contributed by atoms with E-state index in [9.17, 15) is 30.3 Å². The maximum Gasteiger partial charge on any atom is 0.338 e.